The summed E-state index contributed by atoms with van der Waals surface area (Å²) in [7, 11) is 0. The molecule has 0 aromatic heterocycles. The van der Waals surface area contributed by atoms with E-state index in [2.05, 4.69) is 52.1 Å². The Morgan fingerprint density at radius 2 is 2.25 bits per heavy atom. The lowest BCUT2D eigenvalue weighted by Gasteiger charge is -2.50. The van der Waals surface area contributed by atoms with Gasteiger partial charge in [0.05, 0.1) is 11.2 Å². The lowest BCUT2D eigenvalue weighted by atomic mass is 9.64. The fourth-order valence-electron chi connectivity index (χ4n) is 3.60. The average Bonchev–Trinajstić information content (AvgIpc) is 2.14. The van der Waals surface area contributed by atoms with E-state index in [1.807, 2.05) is 0 Å². The molecule has 0 aromatic rings. The molecule has 0 aromatic carbocycles. The minimum Gasteiger partial charge on any atom is -0.390 e. The molecule has 2 aliphatic rings. The number of halogens is 2. The highest BCUT2D eigenvalue weighted by Gasteiger charge is 2.48. The lowest BCUT2D eigenvalue weighted by Crippen LogP contribution is -2.51. The van der Waals surface area contributed by atoms with Crippen LogP contribution in [-0.2, 0) is 4.74 Å². The molecule has 0 amide bonds. The smallest absolute Gasteiger partial charge is 0.118 e. The molecule has 16 heavy (non-hydrogen) atoms. The molecule has 4 unspecified atom stereocenters. The third kappa shape index (κ3) is 3.23. The van der Waals surface area contributed by atoms with E-state index in [1.165, 1.54) is 12.8 Å². The predicted octanol–water partition coefficient (Wildman–Crippen LogP) is 3.67. The topological polar surface area (TPSA) is 29.5 Å². The van der Waals surface area contributed by atoms with E-state index < -0.39 is 5.60 Å². The van der Waals surface area contributed by atoms with Crippen LogP contribution in [0.3, 0.4) is 0 Å². The van der Waals surface area contributed by atoms with Crippen molar-refractivity contribution in [2.45, 2.75) is 60.8 Å². The minimum absolute atomic E-state index is 0.102. The van der Waals surface area contributed by atoms with Crippen LogP contribution in [0, 0.1) is 5.92 Å². The first-order valence-electron chi connectivity index (χ1n) is 6.05. The van der Waals surface area contributed by atoms with Gasteiger partial charge in [0.1, 0.15) is 4.11 Å². The first-order valence-corrected chi connectivity index (χ1v) is 8.82. The molecular formula is C12H20I2O2. The van der Waals surface area contributed by atoms with Crippen molar-refractivity contribution in [2.24, 2.45) is 5.92 Å². The normalized spacial score (nSPS) is 45.4. The molecule has 4 heteroatoms. The molecule has 2 saturated carbocycles. The van der Waals surface area contributed by atoms with Gasteiger partial charge in [0.2, 0.25) is 0 Å². The molecule has 1 N–H and O–H groups in total. The summed E-state index contributed by atoms with van der Waals surface area (Å²) >= 11 is 4.71. The Morgan fingerprint density at radius 1 is 1.50 bits per heavy atom. The first kappa shape index (κ1) is 13.8. The zero-order valence-electron chi connectivity index (χ0n) is 9.72. The van der Waals surface area contributed by atoms with Crippen molar-refractivity contribution in [3.8, 4) is 0 Å². The Hall–Kier alpha value is 1.38. The Bertz CT molecular complexity index is 257. The number of alkyl halides is 2. The van der Waals surface area contributed by atoms with Gasteiger partial charge in [-0.15, -0.1) is 0 Å². The summed E-state index contributed by atoms with van der Waals surface area (Å²) in [6.45, 7) is 2.19. The monoisotopic (exact) mass is 450 g/mol. The summed E-state index contributed by atoms with van der Waals surface area (Å²) in [5.74, 6) is 0.676. The summed E-state index contributed by atoms with van der Waals surface area (Å²) in [6, 6.07) is 0. The van der Waals surface area contributed by atoms with Gasteiger partial charge < -0.3 is 9.84 Å². The van der Waals surface area contributed by atoms with E-state index in [-0.39, 0.29) is 9.71 Å². The molecule has 0 aliphatic heterocycles. The summed E-state index contributed by atoms with van der Waals surface area (Å²) in [5, 5.41) is 10.5. The van der Waals surface area contributed by atoms with Crippen molar-refractivity contribution in [3.63, 3.8) is 0 Å². The van der Waals surface area contributed by atoms with Crippen LogP contribution in [0.2, 0.25) is 0 Å². The molecule has 2 fully saturated rings. The summed E-state index contributed by atoms with van der Waals surface area (Å²) in [6.07, 6.45) is 6.40. The number of hydrogen-bond donors (Lipinski definition) is 1. The molecule has 94 valence electrons. The van der Waals surface area contributed by atoms with Crippen LogP contribution in [0.25, 0.3) is 0 Å². The second kappa shape index (κ2) is 5.17. The quantitative estimate of drug-likeness (QED) is 0.526. The fourth-order valence-corrected chi connectivity index (χ4v) is 4.40. The molecule has 0 spiro atoms. The minimum atomic E-state index is -0.433. The van der Waals surface area contributed by atoms with E-state index in [0.717, 1.165) is 30.1 Å². The largest absolute Gasteiger partial charge is 0.390 e. The predicted molar refractivity (Wildman–Crippen MR) is 82.3 cm³/mol. The van der Waals surface area contributed by atoms with Gasteiger partial charge in [-0.1, -0.05) is 58.0 Å². The Morgan fingerprint density at radius 3 is 2.88 bits per heavy atom. The molecule has 2 aliphatic carbocycles. The number of hydrogen-bond acceptors (Lipinski definition) is 2. The maximum Gasteiger partial charge on any atom is 0.118 e. The van der Waals surface area contributed by atoms with Crippen molar-refractivity contribution < 1.29 is 9.84 Å². The van der Waals surface area contributed by atoms with E-state index in [1.54, 1.807) is 0 Å². The van der Waals surface area contributed by atoms with Crippen LogP contribution in [-0.4, -0.2) is 24.8 Å². The van der Waals surface area contributed by atoms with Crippen molar-refractivity contribution in [2.75, 3.05) is 4.43 Å². The van der Waals surface area contributed by atoms with Crippen LogP contribution in [0.1, 0.15) is 45.4 Å². The van der Waals surface area contributed by atoms with E-state index in [4.69, 9.17) is 4.74 Å². The average molecular weight is 450 g/mol. The van der Waals surface area contributed by atoms with Crippen LogP contribution >= 0.6 is 45.2 Å². The van der Waals surface area contributed by atoms with Gasteiger partial charge in [-0.3, -0.25) is 0 Å². The van der Waals surface area contributed by atoms with Crippen molar-refractivity contribution in [1.82, 2.24) is 0 Å². The third-order valence-corrected chi connectivity index (χ3v) is 7.06. The zero-order chi connectivity index (χ0) is 11.8. The van der Waals surface area contributed by atoms with Gasteiger partial charge in [-0.25, -0.2) is 0 Å². The maximum absolute atomic E-state index is 10.5. The number of rotatable bonds is 3. The Balaban J connectivity index is 2.05. The second-order valence-electron chi connectivity index (χ2n) is 5.70. The Labute approximate surface area is 125 Å². The van der Waals surface area contributed by atoms with Gasteiger partial charge in [0.15, 0.2) is 0 Å². The number of ether oxygens (including phenoxy) is 1. The molecular weight excluding hydrogens is 430 g/mol. The molecule has 2 bridgehead atoms. The molecule has 0 heterocycles. The van der Waals surface area contributed by atoms with Gasteiger partial charge in [-0.05, 0) is 32.1 Å². The van der Waals surface area contributed by atoms with Crippen molar-refractivity contribution in [1.29, 1.82) is 0 Å². The van der Waals surface area contributed by atoms with Crippen molar-refractivity contribution in [3.05, 3.63) is 0 Å². The highest BCUT2D eigenvalue weighted by Crippen LogP contribution is 2.48. The molecule has 2 rings (SSSR count). The van der Waals surface area contributed by atoms with Gasteiger partial charge in [0.25, 0.3) is 0 Å². The highest BCUT2D eigenvalue weighted by atomic mass is 127. The summed E-state index contributed by atoms with van der Waals surface area (Å²) < 4.78 is 7.43. The standard InChI is InChI=1S/C12H20I2O2/c1-11(16-10(14)7-13)5-9-3-2-4-12(15,6-9)8-11/h9-10,15H,2-8H2,1H3. The summed E-state index contributed by atoms with van der Waals surface area (Å²) in [4.78, 5) is 0. The SMILES string of the molecule is CC1(OC(I)CI)CC2CCCC(O)(C2)C1. The summed E-state index contributed by atoms with van der Waals surface area (Å²) in [5.41, 5.74) is -0.535. The van der Waals surface area contributed by atoms with Gasteiger partial charge in [0, 0.05) is 10.8 Å². The second-order valence-corrected chi connectivity index (χ2v) is 7.97. The Kier molecular flexibility index (Phi) is 4.46. The lowest BCUT2D eigenvalue weighted by molar-refractivity contribution is -0.157. The molecule has 4 atom stereocenters. The van der Waals surface area contributed by atoms with Crippen LogP contribution < -0.4 is 0 Å². The van der Waals surface area contributed by atoms with E-state index in [9.17, 15) is 5.11 Å². The molecule has 0 saturated heterocycles. The van der Waals surface area contributed by atoms with Crippen LogP contribution in [0.4, 0.5) is 0 Å². The highest BCUT2D eigenvalue weighted by molar-refractivity contribution is 14.1. The number of fused-ring (bicyclic) bond motifs is 2. The van der Waals surface area contributed by atoms with Crippen molar-refractivity contribution >= 4 is 45.2 Å². The molecule has 2 nitrogen and oxygen atoms in total. The molecule has 0 radical (unpaired) electrons. The third-order valence-electron chi connectivity index (χ3n) is 3.88. The van der Waals surface area contributed by atoms with Gasteiger partial charge in [-0.2, -0.15) is 0 Å². The first-order chi connectivity index (χ1) is 7.45. The van der Waals surface area contributed by atoms with E-state index >= 15 is 0 Å². The van der Waals surface area contributed by atoms with Crippen LogP contribution in [0.15, 0.2) is 0 Å². The fraction of sp³-hybridized carbons (Fsp3) is 1.00. The zero-order valence-corrected chi connectivity index (χ0v) is 14.0. The van der Waals surface area contributed by atoms with Crippen LogP contribution in [0.5, 0.6) is 0 Å². The number of aliphatic hydroxyl groups is 1. The van der Waals surface area contributed by atoms with Gasteiger partial charge >= 0.3 is 0 Å². The van der Waals surface area contributed by atoms with E-state index in [0.29, 0.717) is 5.92 Å². The maximum atomic E-state index is 10.5.